The zero-order valence-corrected chi connectivity index (χ0v) is 16.3. The summed E-state index contributed by atoms with van der Waals surface area (Å²) in [6, 6.07) is 5.16. The Morgan fingerprint density at radius 1 is 1.41 bits per heavy atom. The third-order valence-electron chi connectivity index (χ3n) is 5.00. The van der Waals surface area contributed by atoms with Crippen LogP contribution in [0, 0.1) is 5.92 Å². The van der Waals surface area contributed by atoms with E-state index in [0.717, 1.165) is 10.2 Å². The molecule has 2 fully saturated rings. The first-order valence-corrected chi connectivity index (χ1v) is 11.2. The first-order chi connectivity index (χ1) is 12.8. The Morgan fingerprint density at radius 2 is 2.22 bits per heavy atom. The SMILES string of the molecule is COc1ccc2nc(NC(=O)[C@@H]3CC(=O)N([C@@H]4CCS(=O)(=O)C4)C3)sc2c1. The van der Waals surface area contributed by atoms with Gasteiger partial charge in [-0.25, -0.2) is 13.4 Å². The van der Waals surface area contributed by atoms with Gasteiger partial charge in [-0.1, -0.05) is 11.3 Å². The minimum atomic E-state index is -3.08. The Balaban J connectivity index is 1.44. The molecule has 3 heterocycles. The van der Waals surface area contributed by atoms with Crippen LogP contribution in [0.4, 0.5) is 5.13 Å². The number of anilines is 1. The second-order valence-corrected chi connectivity index (χ2v) is 10.1. The van der Waals surface area contributed by atoms with Gasteiger partial charge in [0, 0.05) is 19.0 Å². The van der Waals surface area contributed by atoms with Gasteiger partial charge < -0.3 is 15.0 Å². The highest BCUT2D eigenvalue weighted by Crippen LogP contribution is 2.31. The van der Waals surface area contributed by atoms with Crippen molar-refractivity contribution < 1.29 is 22.7 Å². The van der Waals surface area contributed by atoms with E-state index in [2.05, 4.69) is 10.3 Å². The van der Waals surface area contributed by atoms with Crippen molar-refractivity contribution in [1.29, 1.82) is 0 Å². The fourth-order valence-electron chi connectivity index (χ4n) is 3.57. The molecular weight excluding hydrogens is 390 g/mol. The molecule has 0 spiro atoms. The van der Waals surface area contributed by atoms with E-state index in [-0.39, 0.29) is 42.3 Å². The van der Waals surface area contributed by atoms with Gasteiger partial charge in [-0.3, -0.25) is 9.59 Å². The number of nitrogens with one attached hydrogen (secondary N) is 1. The third kappa shape index (κ3) is 3.63. The molecule has 2 aliphatic rings. The summed E-state index contributed by atoms with van der Waals surface area (Å²) in [6.45, 7) is 0.254. The van der Waals surface area contributed by atoms with Crippen molar-refractivity contribution in [3.05, 3.63) is 18.2 Å². The number of nitrogens with zero attached hydrogens (tertiary/aromatic N) is 2. The van der Waals surface area contributed by atoms with Crippen LogP contribution in [0.3, 0.4) is 0 Å². The standard InChI is InChI=1S/C17H19N3O5S2/c1-25-12-2-3-13-14(7-12)26-17(18-13)19-16(22)10-6-15(21)20(8-10)11-4-5-27(23,24)9-11/h2-3,7,10-11H,4-6,8-9H2,1H3,(H,18,19,22)/t10-,11-/m1/s1. The maximum Gasteiger partial charge on any atom is 0.231 e. The Labute approximate surface area is 160 Å². The molecule has 10 heteroatoms. The molecule has 0 unspecified atom stereocenters. The zero-order chi connectivity index (χ0) is 19.2. The number of fused-ring (bicyclic) bond motifs is 1. The first-order valence-electron chi connectivity index (χ1n) is 8.60. The van der Waals surface area contributed by atoms with Crippen LogP contribution in [0.25, 0.3) is 10.2 Å². The van der Waals surface area contributed by atoms with Crippen molar-refractivity contribution in [2.45, 2.75) is 18.9 Å². The highest BCUT2D eigenvalue weighted by Gasteiger charge is 2.42. The fourth-order valence-corrected chi connectivity index (χ4v) is 6.20. The van der Waals surface area contributed by atoms with Crippen molar-refractivity contribution in [2.24, 2.45) is 5.92 Å². The Kier molecular flexibility index (Phi) is 4.55. The van der Waals surface area contributed by atoms with E-state index < -0.39 is 15.8 Å². The number of rotatable bonds is 4. The van der Waals surface area contributed by atoms with Crippen LogP contribution in [-0.2, 0) is 19.4 Å². The molecule has 1 aromatic carbocycles. The number of sulfone groups is 1. The Hall–Kier alpha value is -2.20. The normalized spacial score (nSPS) is 24.5. The van der Waals surface area contributed by atoms with Gasteiger partial charge in [0.2, 0.25) is 11.8 Å². The van der Waals surface area contributed by atoms with Crippen molar-refractivity contribution in [3.8, 4) is 5.75 Å². The van der Waals surface area contributed by atoms with Gasteiger partial charge in [0.05, 0.1) is 34.8 Å². The number of ether oxygens (including phenoxy) is 1. The lowest BCUT2D eigenvalue weighted by Gasteiger charge is -2.22. The number of carbonyl (C=O) groups excluding carboxylic acids is 2. The zero-order valence-electron chi connectivity index (χ0n) is 14.7. The lowest BCUT2D eigenvalue weighted by atomic mass is 10.1. The summed E-state index contributed by atoms with van der Waals surface area (Å²) in [5, 5.41) is 3.26. The van der Waals surface area contributed by atoms with Gasteiger partial charge in [-0.2, -0.15) is 0 Å². The summed E-state index contributed by atoms with van der Waals surface area (Å²) < 4.78 is 29.4. The van der Waals surface area contributed by atoms with E-state index in [1.165, 1.54) is 11.3 Å². The Morgan fingerprint density at radius 3 is 2.93 bits per heavy atom. The summed E-state index contributed by atoms with van der Waals surface area (Å²) in [7, 11) is -1.49. The molecule has 1 aromatic heterocycles. The molecule has 0 aliphatic carbocycles. The van der Waals surface area contributed by atoms with Crippen LogP contribution < -0.4 is 10.1 Å². The monoisotopic (exact) mass is 409 g/mol. The molecule has 8 nitrogen and oxygen atoms in total. The van der Waals surface area contributed by atoms with E-state index in [1.54, 1.807) is 18.1 Å². The molecular formula is C17H19N3O5S2. The second kappa shape index (κ2) is 6.75. The molecule has 2 amide bonds. The topological polar surface area (TPSA) is 106 Å². The maximum atomic E-state index is 12.6. The second-order valence-electron chi connectivity index (χ2n) is 6.85. The van der Waals surface area contributed by atoms with Crippen LogP contribution >= 0.6 is 11.3 Å². The summed E-state index contributed by atoms with van der Waals surface area (Å²) in [4.78, 5) is 30.8. The lowest BCUT2D eigenvalue weighted by Crippen LogP contribution is -2.38. The summed E-state index contributed by atoms with van der Waals surface area (Å²) in [5.74, 6) is -0.112. The number of hydrogen-bond acceptors (Lipinski definition) is 7. The minimum absolute atomic E-state index is 0.00716. The highest BCUT2D eigenvalue weighted by molar-refractivity contribution is 7.91. The largest absolute Gasteiger partial charge is 0.497 e. The number of benzene rings is 1. The van der Waals surface area contributed by atoms with E-state index in [4.69, 9.17) is 4.74 Å². The van der Waals surface area contributed by atoms with Crippen LogP contribution in [-0.4, -0.2) is 61.3 Å². The van der Waals surface area contributed by atoms with Gasteiger partial charge in [-0.15, -0.1) is 0 Å². The summed E-state index contributed by atoms with van der Waals surface area (Å²) in [5.41, 5.74) is 0.761. The quantitative estimate of drug-likeness (QED) is 0.815. The molecule has 0 bridgehead atoms. The number of aromatic nitrogens is 1. The minimum Gasteiger partial charge on any atom is -0.497 e. The average Bonchev–Trinajstić information content (AvgIpc) is 3.30. The number of methoxy groups -OCH3 is 1. The predicted molar refractivity (Wildman–Crippen MR) is 102 cm³/mol. The van der Waals surface area contributed by atoms with E-state index >= 15 is 0 Å². The van der Waals surface area contributed by atoms with E-state index in [9.17, 15) is 18.0 Å². The van der Waals surface area contributed by atoms with Gasteiger partial charge in [0.15, 0.2) is 15.0 Å². The Bertz CT molecular complexity index is 1020. The smallest absolute Gasteiger partial charge is 0.231 e. The third-order valence-corrected chi connectivity index (χ3v) is 7.69. The van der Waals surface area contributed by atoms with Crippen molar-refractivity contribution in [3.63, 3.8) is 0 Å². The number of hydrogen-bond donors (Lipinski definition) is 1. The van der Waals surface area contributed by atoms with Crippen molar-refractivity contribution in [1.82, 2.24) is 9.88 Å². The molecule has 0 radical (unpaired) electrons. The van der Waals surface area contributed by atoms with Crippen LogP contribution in [0.2, 0.25) is 0 Å². The van der Waals surface area contributed by atoms with Gasteiger partial charge >= 0.3 is 0 Å². The molecule has 2 saturated heterocycles. The molecule has 4 rings (SSSR count). The highest BCUT2D eigenvalue weighted by atomic mass is 32.2. The van der Waals surface area contributed by atoms with Crippen LogP contribution in [0.5, 0.6) is 5.75 Å². The maximum absolute atomic E-state index is 12.6. The van der Waals surface area contributed by atoms with E-state index in [0.29, 0.717) is 17.3 Å². The molecule has 0 saturated carbocycles. The van der Waals surface area contributed by atoms with Gasteiger partial charge in [0.1, 0.15) is 5.75 Å². The van der Waals surface area contributed by atoms with Crippen LogP contribution in [0.15, 0.2) is 18.2 Å². The molecule has 1 N–H and O–H groups in total. The average molecular weight is 409 g/mol. The van der Waals surface area contributed by atoms with Gasteiger partial charge in [-0.05, 0) is 24.6 Å². The van der Waals surface area contributed by atoms with Crippen molar-refractivity contribution >= 4 is 48.3 Å². The molecule has 2 atom stereocenters. The number of amides is 2. The molecule has 27 heavy (non-hydrogen) atoms. The number of likely N-dealkylation sites (tertiary alicyclic amines) is 1. The van der Waals surface area contributed by atoms with Gasteiger partial charge in [0.25, 0.3) is 0 Å². The molecule has 2 aliphatic heterocycles. The van der Waals surface area contributed by atoms with Crippen molar-refractivity contribution in [2.75, 3.05) is 30.5 Å². The molecule has 2 aromatic rings. The van der Waals surface area contributed by atoms with E-state index in [1.807, 2.05) is 12.1 Å². The van der Waals surface area contributed by atoms with Crippen LogP contribution in [0.1, 0.15) is 12.8 Å². The fraction of sp³-hybridized carbons (Fsp3) is 0.471. The number of thiazole rings is 1. The number of carbonyl (C=O) groups is 2. The first kappa shape index (κ1) is 18.2. The predicted octanol–water partition coefficient (Wildman–Crippen LogP) is 1.28. The summed E-state index contributed by atoms with van der Waals surface area (Å²) >= 11 is 1.34. The summed E-state index contributed by atoms with van der Waals surface area (Å²) in [6.07, 6.45) is 0.545. The molecule has 144 valence electrons. The lowest BCUT2D eigenvalue weighted by molar-refractivity contribution is -0.129.